The number of anilines is 1. The van der Waals surface area contributed by atoms with E-state index in [0.717, 1.165) is 13.0 Å². The van der Waals surface area contributed by atoms with Gasteiger partial charge in [0.25, 0.3) is 0 Å². The lowest BCUT2D eigenvalue weighted by Crippen LogP contribution is -2.38. The predicted octanol–water partition coefficient (Wildman–Crippen LogP) is 3.05. The minimum atomic E-state index is -0.112. The number of hydrogen-bond acceptors (Lipinski definition) is 3. The van der Waals surface area contributed by atoms with Crippen LogP contribution in [0.15, 0.2) is 30.0 Å². The first-order valence-electron chi connectivity index (χ1n) is 6.89. The standard InChI is InChI=1S/C15H21N3O2/c1-11(2)20-14-13(7-4-8-16-14)17-15(19)18-9-5-6-12(3)10-18/h4,6-8,11H,5,9-10H2,1-3H3,(H,17,19). The van der Waals surface area contributed by atoms with Gasteiger partial charge in [-0.2, -0.15) is 0 Å². The van der Waals surface area contributed by atoms with Gasteiger partial charge in [0.2, 0.25) is 5.88 Å². The van der Waals surface area contributed by atoms with Gasteiger partial charge in [-0.15, -0.1) is 0 Å². The maximum absolute atomic E-state index is 12.3. The van der Waals surface area contributed by atoms with E-state index in [4.69, 9.17) is 4.74 Å². The molecule has 2 amide bonds. The summed E-state index contributed by atoms with van der Waals surface area (Å²) in [6.45, 7) is 7.31. The summed E-state index contributed by atoms with van der Waals surface area (Å²) in [5.74, 6) is 0.458. The zero-order valence-corrected chi connectivity index (χ0v) is 12.2. The second-order valence-electron chi connectivity index (χ2n) is 5.21. The Kier molecular flexibility index (Phi) is 4.61. The molecule has 108 valence electrons. The third-order valence-corrected chi connectivity index (χ3v) is 2.98. The molecule has 1 aliphatic rings. The van der Waals surface area contributed by atoms with Gasteiger partial charge in [0.05, 0.1) is 6.10 Å². The fourth-order valence-electron chi connectivity index (χ4n) is 2.08. The minimum absolute atomic E-state index is 0.0146. The molecule has 5 nitrogen and oxygen atoms in total. The van der Waals surface area contributed by atoms with E-state index in [0.29, 0.717) is 18.1 Å². The van der Waals surface area contributed by atoms with E-state index in [2.05, 4.69) is 16.4 Å². The van der Waals surface area contributed by atoms with E-state index in [-0.39, 0.29) is 12.1 Å². The molecule has 0 radical (unpaired) electrons. The van der Waals surface area contributed by atoms with Crippen LogP contribution in [0.4, 0.5) is 10.5 Å². The fraction of sp³-hybridized carbons (Fsp3) is 0.467. The van der Waals surface area contributed by atoms with Crippen LogP contribution >= 0.6 is 0 Å². The number of carbonyl (C=O) groups is 1. The highest BCUT2D eigenvalue weighted by molar-refractivity contribution is 5.90. The Bertz CT molecular complexity index is 512. The second-order valence-corrected chi connectivity index (χ2v) is 5.21. The van der Waals surface area contributed by atoms with Crippen molar-refractivity contribution in [2.24, 2.45) is 0 Å². The Morgan fingerprint density at radius 3 is 3.00 bits per heavy atom. The maximum Gasteiger partial charge on any atom is 0.322 e. The van der Waals surface area contributed by atoms with Crippen LogP contribution in [-0.2, 0) is 0 Å². The topological polar surface area (TPSA) is 54.5 Å². The molecule has 1 aromatic heterocycles. The molecule has 0 unspecified atom stereocenters. The number of urea groups is 1. The molecule has 2 rings (SSSR count). The van der Waals surface area contributed by atoms with Crippen LogP contribution < -0.4 is 10.1 Å². The zero-order valence-electron chi connectivity index (χ0n) is 12.2. The van der Waals surface area contributed by atoms with Crippen molar-refractivity contribution >= 4 is 11.7 Å². The third kappa shape index (κ3) is 3.73. The van der Waals surface area contributed by atoms with Crippen LogP contribution in [0.5, 0.6) is 5.88 Å². The predicted molar refractivity (Wildman–Crippen MR) is 79.0 cm³/mol. The van der Waals surface area contributed by atoms with Crippen molar-refractivity contribution in [3.05, 3.63) is 30.0 Å². The van der Waals surface area contributed by atoms with Crippen LogP contribution in [0.2, 0.25) is 0 Å². The number of ether oxygens (including phenoxy) is 1. The highest BCUT2D eigenvalue weighted by atomic mass is 16.5. The second kappa shape index (κ2) is 6.41. The molecule has 2 heterocycles. The van der Waals surface area contributed by atoms with Crippen molar-refractivity contribution in [1.29, 1.82) is 0 Å². The number of amides is 2. The molecule has 0 saturated carbocycles. The zero-order chi connectivity index (χ0) is 14.5. The van der Waals surface area contributed by atoms with Crippen molar-refractivity contribution in [3.8, 4) is 5.88 Å². The Morgan fingerprint density at radius 2 is 2.30 bits per heavy atom. The Hall–Kier alpha value is -2.04. The molecule has 5 heteroatoms. The quantitative estimate of drug-likeness (QED) is 0.863. The summed E-state index contributed by atoms with van der Waals surface area (Å²) in [5.41, 5.74) is 1.83. The van der Waals surface area contributed by atoms with E-state index in [1.165, 1.54) is 5.57 Å². The molecular weight excluding hydrogens is 254 g/mol. The lowest BCUT2D eigenvalue weighted by Gasteiger charge is -2.26. The van der Waals surface area contributed by atoms with Crippen LogP contribution in [0.1, 0.15) is 27.2 Å². The fourth-order valence-corrected chi connectivity index (χ4v) is 2.08. The normalized spacial score (nSPS) is 15.0. The lowest BCUT2D eigenvalue weighted by atomic mass is 10.1. The highest BCUT2D eigenvalue weighted by Gasteiger charge is 2.18. The van der Waals surface area contributed by atoms with Crippen molar-refractivity contribution < 1.29 is 9.53 Å². The SMILES string of the molecule is CC1=CCCN(C(=O)Nc2cccnc2OC(C)C)C1. The van der Waals surface area contributed by atoms with E-state index in [1.54, 1.807) is 23.2 Å². The largest absolute Gasteiger partial charge is 0.473 e. The summed E-state index contributed by atoms with van der Waals surface area (Å²) in [4.78, 5) is 18.2. The monoisotopic (exact) mass is 275 g/mol. The van der Waals surface area contributed by atoms with Gasteiger partial charge < -0.3 is 15.0 Å². The molecular formula is C15H21N3O2. The van der Waals surface area contributed by atoms with Crippen molar-refractivity contribution in [1.82, 2.24) is 9.88 Å². The molecule has 0 aliphatic carbocycles. The van der Waals surface area contributed by atoms with E-state index in [9.17, 15) is 4.79 Å². The summed E-state index contributed by atoms with van der Waals surface area (Å²) >= 11 is 0. The molecule has 1 aliphatic heterocycles. The van der Waals surface area contributed by atoms with E-state index < -0.39 is 0 Å². The smallest absolute Gasteiger partial charge is 0.322 e. The summed E-state index contributed by atoms with van der Waals surface area (Å²) in [6.07, 6.45) is 4.74. The molecule has 0 saturated heterocycles. The number of hydrogen-bond donors (Lipinski definition) is 1. The molecule has 0 bridgehead atoms. The molecule has 0 spiro atoms. The van der Waals surface area contributed by atoms with Gasteiger partial charge in [0, 0.05) is 19.3 Å². The summed E-state index contributed by atoms with van der Waals surface area (Å²) in [6, 6.07) is 3.47. The Morgan fingerprint density at radius 1 is 1.50 bits per heavy atom. The highest BCUT2D eigenvalue weighted by Crippen LogP contribution is 2.22. The van der Waals surface area contributed by atoms with Gasteiger partial charge in [0.1, 0.15) is 5.69 Å². The minimum Gasteiger partial charge on any atom is -0.473 e. The maximum atomic E-state index is 12.3. The summed E-state index contributed by atoms with van der Waals surface area (Å²) in [5, 5.41) is 2.88. The average molecular weight is 275 g/mol. The first-order chi connectivity index (χ1) is 9.56. The van der Waals surface area contributed by atoms with Gasteiger partial charge in [-0.05, 0) is 39.3 Å². The van der Waals surface area contributed by atoms with Gasteiger partial charge in [-0.1, -0.05) is 11.6 Å². The van der Waals surface area contributed by atoms with Crippen LogP contribution in [-0.4, -0.2) is 35.1 Å². The van der Waals surface area contributed by atoms with Crippen LogP contribution in [0.3, 0.4) is 0 Å². The van der Waals surface area contributed by atoms with Crippen LogP contribution in [0.25, 0.3) is 0 Å². The van der Waals surface area contributed by atoms with Crippen molar-refractivity contribution in [3.63, 3.8) is 0 Å². The number of nitrogens with one attached hydrogen (secondary N) is 1. The van der Waals surface area contributed by atoms with Crippen molar-refractivity contribution in [2.75, 3.05) is 18.4 Å². The van der Waals surface area contributed by atoms with Crippen LogP contribution in [0, 0.1) is 0 Å². The van der Waals surface area contributed by atoms with E-state index >= 15 is 0 Å². The number of nitrogens with zero attached hydrogens (tertiary/aromatic N) is 2. The molecule has 1 aromatic rings. The first kappa shape index (κ1) is 14.4. The molecule has 1 N–H and O–H groups in total. The van der Waals surface area contributed by atoms with Gasteiger partial charge >= 0.3 is 6.03 Å². The number of carbonyl (C=O) groups excluding carboxylic acids is 1. The lowest BCUT2D eigenvalue weighted by molar-refractivity contribution is 0.213. The van der Waals surface area contributed by atoms with Gasteiger partial charge in [-0.25, -0.2) is 9.78 Å². The van der Waals surface area contributed by atoms with E-state index in [1.807, 2.05) is 20.8 Å². The molecule has 20 heavy (non-hydrogen) atoms. The van der Waals surface area contributed by atoms with Crippen molar-refractivity contribution in [2.45, 2.75) is 33.3 Å². The first-order valence-corrected chi connectivity index (χ1v) is 6.89. The molecule has 0 atom stereocenters. The number of pyridine rings is 1. The number of rotatable bonds is 3. The molecule has 0 fully saturated rings. The summed E-state index contributed by atoms with van der Waals surface area (Å²) in [7, 11) is 0. The average Bonchev–Trinajstić information content (AvgIpc) is 2.40. The summed E-state index contributed by atoms with van der Waals surface area (Å²) < 4.78 is 5.60. The Labute approximate surface area is 119 Å². The number of aromatic nitrogens is 1. The third-order valence-electron chi connectivity index (χ3n) is 2.98. The molecule has 0 aromatic carbocycles. The van der Waals surface area contributed by atoms with Gasteiger partial charge in [-0.3, -0.25) is 0 Å². The Balaban J connectivity index is 2.06. The van der Waals surface area contributed by atoms with Gasteiger partial charge in [0.15, 0.2) is 0 Å².